The Morgan fingerprint density at radius 3 is 2.65 bits per heavy atom. The van der Waals surface area contributed by atoms with Gasteiger partial charge in [-0.2, -0.15) is 0 Å². The third-order valence-corrected chi connectivity index (χ3v) is 3.78. The molecule has 0 N–H and O–H groups in total. The van der Waals surface area contributed by atoms with E-state index in [2.05, 4.69) is 18.7 Å². The van der Waals surface area contributed by atoms with Crippen LogP contribution in [-0.2, 0) is 9.47 Å². The summed E-state index contributed by atoms with van der Waals surface area (Å²) in [5, 5.41) is 0. The van der Waals surface area contributed by atoms with Crippen molar-refractivity contribution in [3.63, 3.8) is 0 Å². The average Bonchev–Trinajstić information content (AvgIpc) is 2.50. The summed E-state index contributed by atoms with van der Waals surface area (Å²) >= 11 is 0. The predicted octanol–water partition coefficient (Wildman–Crippen LogP) is 2.39. The maximum absolute atomic E-state index is 11.3. The van der Waals surface area contributed by atoms with E-state index in [0.29, 0.717) is 31.1 Å². The molecular formula is C18H27NO4. The zero-order chi connectivity index (χ0) is 16.7. The summed E-state index contributed by atoms with van der Waals surface area (Å²) in [7, 11) is 0. The van der Waals surface area contributed by atoms with E-state index in [-0.39, 0.29) is 18.0 Å². The van der Waals surface area contributed by atoms with Gasteiger partial charge in [0, 0.05) is 25.2 Å². The average molecular weight is 321 g/mol. The topological polar surface area (TPSA) is 48.0 Å². The molecule has 0 unspecified atom stereocenters. The summed E-state index contributed by atoms with van der Waals surface area (Å²) in [6.45, 7) is 10.3. The molecule has 0 bridgehead atoms. The summed E-state index contributed by atoms with van der Waals surface area (Å²) in [6.07, 6.45) is 0.575. The van der Waals surface area contributed by atoms with Crippen molar-refractivity contribution in [2.24, 2.45) is 0 Å². The molecular weight excluding hydrogens is 294 g/mol. The molecule has 1 aromatic carbocycles. The molecule has 0 aliphatic carbocycles. The van der Waals surface area contributed by atoms with Crippen LogP contribution in [0.1, 0.15) is 31.1 Å². The van der Waals surface area contributed by atoms with Crippen LogP contribution >= 0.6 is 0 Å². The number of carbonyl (C=O) groups is 1. The van der Waals surface area contributed by atoms with Crippen molar-refractivity contribution in [2.45, 2.75) is 33.0 Å². The number of ether oxygens (including phenoxy) is 3. The van der Waals surface area contributed by atoms with Gasteiger partial charge in [0.05, 0.1) is 25.4 Å². The van der Waals surface area contributed by atoms with Crippen molar-refractivity contribution in [1.29, 1.82) is 0 Å². The van der Waals surface area contributed by atoms with Crippen LogP contribution in [-0.4, -0.2) is 62.3 Å². The van der Waals surface area contributed by atoms with Crippen LogP contribution < -0.4 is 4.74 Å². The maximum atomic E-state index is 11.3. The molecule has 0 radical (unpaired) electrons. The van der Waals surface area contributed by atoms with Crippen molar-refractivity contribution in [3.8, 4) is 5.75 Å². The molecule has 2 rings (SSSR count). The van der Waals surface area contributed by atoms with Crippen molar-refractivity contribution in [2.75, 3.05) is 39.5 Å². The summed E-state index contributed by atoms with van der Waals surface area (Å²) in [5.74, 6) is 0.748. The molecule has 128 valence electrons. The third kappa shape index (κ3) is 6.29. The minimum absolute atomic E-state index is 0.0423. The molecule has 1 aliphatic heterocycles. The highest BCUT2D eigenvalue weighted by atomic mass is 16.5. The zero-order valence-electron chi connectivity index (χ0n) is 14.3. The fraction of sp³-hybridized carbons (Fsp3) is 0.611. The number of hydrogen-bond donors (Lipinski definition) is 0. The molecule has 0 spiro atoms. The van der Waals surface area contributed by atoms with Gasteiger partial charge in [-0.15, -0.1) is 0 Å². The van der Waals surface area contributed by atoms with Gasteiger partial charge in [-0.1, -0.05) is 12.1 Å². The molecule has 2 atom stereocenters. The minimum Gasteiger partial charge on any atom is -0.491 e. The van der Waals surface area contributed by atoms with Gasteiger partial charge in [-0.05, 0) is 32.9 Å². The van der Waals surface area contributed by atoms with E-state index in [1.165, 1.54) is 0 Å². The molecule has 5 heteroatoms. The van der Waals surface area contributed by atoms with Crippen LogP contribution in [0.5, 0.6) is 5.75 Å². The molecule has 0 saturated carbocycles. The first-order valence-corrected chi connectivity index (χ1v) is 8.24. The highest BCUT2D eigenvalue weighted by Crippen LogP contribution is 2.13. The van der Waals surface area contributed by atoms with Gasteiger partial charge >= 0.3 is 0 Å². The van der Waals surface area contributed by atoms with Gasteiger partial charge < -0.3 is 14.2 Å². The van der Waals surface area contributed by atoms with Crippen LogP contribution in [0.15, 0.2) is 24.3 Å². The van der Waals surface area contributed by atoms with E-state index in [1.54, 1.807) is 19.1 Å². The molecule has 5 nitrogen and oxygen atoms in total. The van der Waals surface area contributed by atoms with Crippen LogP contribution in [0.3, 0.4) is 0 Å². The number of ketones is 1. The van der Waals surface area contributed by atoms with E-state index in [0.717, 1.165) is 19.6 Å². The van der Waals surface area contributed by atoms with Crippen LogP contribution in [0.25, 0.3) is 0 Å². The van der Waals surface area contributed by atoms with Gasteiger partial charge in [0.15, 0.2) is 5.78 Å². The Balaban J connectivity index is 1.59. The number of nitrogens with zero attached hydrogens (tertiary/aromatic N) is 1. The Labute approximate surface area is 138 Å². The molecule has 1 fully saturated rings. The van der Waals surface area contributed by atoms with E-state index in [4.69, 9.17) is 14.2 Å². The molecule has 1 aliphatic rings. The Morgan fingerprint density at radius 1 is 1.22 bits per heavy atom. The lowest BCUT2D eigenvalue weighted by molar-refractivity contribution is -0.0734. The van der Waals surface area contributed by atoms with Gasteiger partial charge in [0.2, 0.25) is 0 Å². The van der Waals surface area contributed by atoms with Gasteiger partial charge in [-0.25, -0.2) is 0 Å². The number of hydrogen-bond acceptors (Lipinski definition) is 5. The number of carbonyl (C=O) groups excluding carboxylic acids is 1. The predicted molar refractivity (Wildman–Crippen MR) is 89.2 cm³/mol. The van der Waals surface area contributed by atoms with Crippen molar-refractivity contribution in [1.82, 2.24) is 4.90 Å². The van der Waals surface area contributed by atoms with E-state index in [9.17, 15) is 4.79 Å². The molecule has 1 aromatic rings. The lowest BCUT2D eigenvalue weighted by Gasteiger charge is -2.35. The van der Waals surface area contributed by atoms with Crippen molar-refractivity contribution < 1.29 is 19.0 Å². The Hall–Kier alpha value is -1.43. The quantitative estimate of drug-likeness (QED) is 0.543. The molecule has 1 heterocycles. The highest BCUT2D eigenvalue weighted by Gasteiger charge is 2.21. The van der Waals surface area contributed by atoms with Gasteiger partial charge in [0.25, 0.3) is 0 Å². The fourth-order valence-corrected chi connectivity index (χ4v) is 2.79. The number of benzene rings is 1. The number of Topliss-reactive ketones (excluding diaryl/α,β-unsaturated/α-hetero) is 1. The first kappa shape index (κ1) is 17.9. The first-order valence-electron chi connectivity index (χ1n) is 8.24. The maximum Gasteiger partial charge on any atom is 0.159 e. The summed E-state index contributed by atoms with van der Waals surface area (Å²) in [6, 6.07) is 7.23. The van der Waals surface area contributed by atoms with Crippen LogP contribution in [0.2, 0.25) is 0 Å². The molecule has 0 amide bonds. The standard InChI is InChI=1S/C18H27NO4/c1-14-12-19(13-15(2)23-14)7-8-21-9-10-22-18-6-4-5-17(11-18)16(3)20/h4-6,11,14-15H,7-10,12-13H2,1-3H3/t14-,15+. The molecule has 0 aromatic heterocycles. The Kier molecular flexibility index (Phi) is 7.02. The normalized spacial score (nSPS) is 22.0. The summed E-state index contributed by atoms with van der Waals surface area (Å²) in [5.41, 5.74) is 0.666. The number of rotatable bonds is 8. The second kappa shape index (κ2) is 9.01. The van der Waals surface area contributed by atoms with Crippen LogP contribution in [0.4, 0.5) is 0 Å². The second-order valence-electron chi connectivity index (χ2n) is 6.06. The molecule has 1 saturated heterocycles. The fourth-order valence-electron chi connectivity index (χ4n) is 2.79. The summed E-state index contributed by atoms with van der Waals surface area (Å²) in [4.78, 5) is 13.7. The lowest BCUT2D eigenvalue weighted by atomic mass is 10.1. The SMILES string of the molecule is CC(=O)c1cccc(OCCOCCN2C[C@@H](C)O[C@@H](C)C2)c1. The summed E-state index contributed by atoms with van der Waals surface area (Å²) < 4.78 is 17.0. The molecule has 23 heavy (non-hydrogen) atoms. The van der Waals surface area contributed by atoms with E-state index >= 15 is 0 Å². The highest BCUT2D eigenvalue weighted by molar-refractivity contribution is 5.94. The Bertz CT molecular complexity index is 496. The number of morpholine rings is 1. The second-order valence-corrected chi connectivity index (χ2v) is 6.06. The third-order valence-electron chi connectivity index (χ3n) is 3.78. The van der Waals surface area contributed by atoms with Crippen LogP contribution in [0, 0.1) is 0 Å². The van der Waals surface area contributed by atoms with E-state index < -0.39 is 0 Å². The smallest absolute Gasteiger partial charge is 0.159 e. The first-order chi connectivity index (χ1) is 11.0. The largest absolute Gasteiger partial charge is 0.491 e. The lowest BCUT2D eigenvalue weighted by Crippen LogP contribution is -2.46. The van der Waals surface area contributed by atoms with Crippen molar-refractivity contribution in [3.05, 3.63) is 29.8 Å². The van der Waals surface area contributed by atoms with E-state index in [1.807, 2.05) is 12.1 Å². The van der Waals surface area contributed by atoms with Gasteiger partial charge in [-0.3, -0.25) is 9.69 Å². The van der Waals surface area contributed by atoms with Crippen molar-refractivity contribution >= 4 is 5.78 Å². The van der Waals surface area contributed by atoms with Gasteiger partial charge in [0.1, 0.15) is 12.4 Å². The zero-order valence-corrected chi connectivity index (χ0v) is 14.3. The monoisotopic (exact) mass is 321 g/mol. The minimum atomic E-state index is 0.0423. The Morgan fingerprint density at radius 2 is 1.96 bits per heavy atom.